The van der Waals surface area contributed by atoms with Crippen LogP contribution in [0.4, 0.5) is 10.2 Å². The minimum Gasteiger partial charge on any atom is -0.355 e. The predicted molar refractivity (Wildman–Crippen MR) is 119 cm³/mol. The van der Waals surface area contributed by atoms with Crippen molar-refractivity contribution in [2.24, 2.45) is 11.3 Å². The number of allylic oxidation sites excluding steroid dienone is 2. The minimum absolute atomic E-state index is 0.0289. The number of nitrogens with zero attached hydrogens (tertiary/aromatic N) is 4. The first-order valence-electron chi connectivity index (χ1n) is 10.9. The Balaban J connectivity index is 1.59. The SMILES string of the molecule is CC(C)C(C)(C)C1CN(C2C=CC(F)=C(C3c4cccnc4NN3C)N2C)CCN1. The van der Waals surface area contributed by atoms with Crippen molar-refractivity contribution in [2.75, 3.05) is 39.2 Å². The van der Waals surface area contributed by atoms with Crippen molar-refractivity contribution in [3.8, 4) is 0 Å². The maximum atomic E-state index is 15.2. The maximum Gasteiger partial charge on any atom is 0.145 e. The van der Waals surface area contributed by atoms with E-state index in [9.17, 15) is 0 Å². The molecule has 0 bridgehead atoms. The first-order chi connectivity index (χ1) is 14.2. The lowest BCUT2D eigenvalue weighted by atomic mass is 9.74. The van der Waals surface area contributed by atoms with Crippen LogP contribution in [0.3, 0.4) is 0 Å². The molecule has 2 N–H and O–H groups in total. The normalized spacial score (nSPS) is 28.3. The molecule has 0 spiro atoms. The molecule has 3 atom stereocenters. The number of pyridine rings is 1. The van der Waals surface area contributed by atoms with Crippen molar-refractivity contribution in [1.82, 2.24) is 25.1 Å². The molecule has 1 aromatic rings. The number of likely N-dealkylation sites (N-methyl/N-ethyl adjacent to an activating group) is 2. The fraction of sp³-hybridized carbons (Fsp3) is 0.609. The topological polar surface area (TPSA) is 46.7 Å². The van der Waals surface area contributed by atoms with E-state index in [0.29, 0.717) is 17.7 Å². The lowest BCUT2D eigenvalue weighted by Crippen LogP contribution is -2.62. The average Bonchev–Trinajstić information content (AvgIpc) is 3.04. The molecule has 3 aliphatic heterocycles. The number of aromatic nitrogens is 1. The Hall–Kier alpha value is -1.96. The van der Waals surface area contributed by atoms with Crippen molar-refractivity contribution in [3.63, 3.8) is 0 Å². The molecule has 0 aromatic carbocycles. The molecule has 1 saturated heterocycles. The molecule has 7 heteroatoms. The molecule has 0 saturated carbocycles. The zero-order valence-electron chi connectivity index (χ0n) is 19.0. The van der Waals surface area contributed by atoms with E-state index in [1.807, 2.05) is 37.3 Å². The Morgan fingerprint density at radius 2 is 2.03 bits per heavy atom. The number of fused-ring (bicyclic) bond motifs is 1. The van der Waals surface area contributed by atoms with Crippen molar-refractivity contribution in [3.05, 3.63) is 47.6 Å². The predicted octanol–water partition coefficient (Wildman–Crippen LogP) is 3.36. The van der Waals surface area contributed by atoms with Gasteiger partial charge in [-0.15, -0.1) is 0 Å². The number of nitrogens with one attached hydrogen (secondary N) is 2. The summed E-state index contributed by atoms with van der Waals surface area (Å²) >= 11 is 0. The van der Waals surface area contributed by atoms with Crippen LogP contribution in [0.2, 0.25) is 0 Å². The summed E-state index contributed by atoms with van der Waals surface area (Å²) in [5.41, 5.74) is 5.13. The van der Waals surface area contributed by atoms with Crippen molar-refractivity contribution >= 4 is 5.82 Å². The fourth-order valence-corrected chi connectivity index (χ4v) is 4.80. The number of anilines is 1. The van der Waals surface area contributed by atoms with Gasteiger partial charge in [-0.1, -0.05) is 33.8 Å². The summed E-state index contributed by atoms with van der Waals surface area (Å²) in [5, 5.41) is 5.67. The third-order valence-electron chi connectivity index (χ3n) is 7.47. The lowest BCUT2D eigenvalue weighted by molar-refractivity contribution is 0.0337. The highest BCUT2D eigenvalue weighted by Crippen LogP contribution is 2.42. The molecule has 1 fully saturated rings. The van der Waals surface area contributed by atoms with Gasteiger partial charge in [0.25, 0.3) is 0 Å². The van der Waals surface area contributed by atoms with E-state index >= 15 is 4.39 Å². The zero-order valence-corrected chi connectivity index (χ0v) is 19.0. The van der Waals surface area contributed by atoms with Crippen LogP contribution in [0.1, 0.15) is 39.3 Å². The number of hydrogen-bond donors (Lipinski definition) is 2. The van der Waals surface area contributed by atoms with Crippen LogP contribution >= 0.6 is 0 Å². The first kappa shape index (κ1) is 21.3. The van der Waals surface area contributed by atoms with E-state index < -0.39 is 0 Å². The molecule has 3 aliphatic rings. The van der Waals surface area contributed by atoms with Gasteiger partial charge in [0.2, 0.25) is 0 Å². The largest absolute Gasteiger partial charge is 0.355 e. The highest BCUT2D eigenvalue weighted by atomic mass is 19.1. The molecule has 0 aliphatic carbocycles. The maximum absolute atomic E-state index is 15.2. The van der Waals surface area contributed by atoms with Crippen molar-refractivity contribution in [1.29, 1.82) is 0 Å². The van der Waals surface area contributed by atoms with Gasteiger partial charge in [0.15, 0.2) is 0 Å². The Bertz CT molecular complexity index is 848. The molecule has 3 unspecified atom stereocenters. The number of piperazine rings is 1. The third kappa shape index (κ3) is 3.53. The van der Waals surface area contributed by atoms with Gasteiger partial charge in [-0.05, 0) is 29.6 Å². The van der Waals surface area contributed by atoms with E-state index in [1.165, 1.54) is 0 Å². The van der Waals surface area contributed by atoms with Crippen LogP contribution < -0.4 is 10.7 Å². The zero-order chi connectivity index (χ0) is 21.6. The van der Waals surface area contributed by atoms with Gasteiger partial charge in [-0.2, -0.15) is 0 Å². The highest BCUT2D eigenvalue weighted by molar-refractivity contribution is 5.53. The Labute approximate surface area is 179 Å². The smallest absolute Gasteiger partial charge is 0.145 e. The van der Waals surface area contributed by atoms with E-state index in [4.69, 9.17) is 0 Å². The van der Waals surface area contributed by atoms with Gasteiger partial charge in [0.1, 0.15) is 23.9 Å². The summed E-state index contributed by atoms with van der Waals surface area (Å²) in [6, 6.07) is 4.12. The lowest BCUT2D eigenvalue weighted by Gasteiger charge is -2.49. The molecular formula is C23H35FN6. The second-order valence-electron chi connectivity index (χ2n) is 9.66. The molecular weight excluding hydrogens is 379 g/mol. The minimum atomic E-state index is -0.211. The number of rotatable bonds is 4. The Morgan fingerprint density at radius 1 is 1.27 bits per heavy atom. The van der Waals surface area contributed by atoms with E-state index in [0.717, 1.165) is 31.0 Å². The van der Waals surface area contributed by atoms with Gasteiger partial charge in [-0.25, -0.2) is 14.4 Å². The summed E-state index contributed by atoms with van der Waals surface area (Å²) in [6.45, 7) is 12.1. The number of hydrogen-bond acceptors (Lipinski definition) is 6. The monoisotopic (exact) mass is 414 g/mol. The van der Waals surface area contributed by atoms with Gasteiger partial charge in [0.05, 0.1) is 5.70 Å². The first-order valence-corrected chi connectivity index (χ1v) is 10.9. The molecule has 164 valence electrons. The second kappa shape index (κ2) is 7.94. The van der Waals surface area contributed by atoms with Gasteiger partial charge in [0, 0.05) is 51.5 Å². The number of hydrazine groups is 1. The summed E-state index contributed by atoms with van der Waals surface area (Å²) in [5.74, 6) is 1.19. The Morgan fingerprint density at radius 3 is 2.77 bits per heavy atom. The summed E-state index contributed by atoms with van der Waals surface area (Å²) in [4.78, 5) is 8.99. The summed E-state index contributed by atoms with van der Waals surface area (Å²) < 4.78 is 15.2. The molecule has 0 radical (unpaired) electrons. The van der Waals surface area contributed by atoms with Crippen LogP contribution in [0.15, 0.2) is 42.0 Å². The van der Waals surface area contributed by atoms with Crippen molar-refractivity contribution < 1.29 is 4.39 Å². The van der Waals surface area contributed by atoms with Gasteiger partial charge in [-0.3, -0.25) is 4.90 Å². The molecule has 1 aromatic heterocycles. The Kier molecular flexibility index (Phi) is 5.64. The molecule has 4 heterocycles. The molecule has 30 heavy (non-hydrogen) atoms. The van der Waals surface area contributed by atoms with Crippen LogP contribution in [-0.2, 0) is 0 Å². The third-order valence-corrected chi connectivity index (χ3v) is 7.47. The van der Waals surface area contributed by atoms with E-state index in [1.54, 1.807) is 12.3 Å². The average molecular weight is 415 g/mol. The van der Waals surface area contributed by atoms with Crippen LogP contribution in [-0.4, -0.2) is 65.7 Å². The molecule has 6 nitrogen and oxygen atoms in total. The van der Waals surface area contributed by atoms with Crippen LogP contribution in [0, 0.1) is 11.3 Å². The molecule has 4 rings (SSSR count). The van der Waals surface area contributed by atoms with Gasteiger partial charge >= 0.3 is 0 Å². The van der Waals surface area contributed by atoms with Crippen LogP contribution in [0.5, 0.6) is 0 Å². The van der Waals surface area contributed by atoms with Gasteiger partial charge < -0.3 is 15.6 Å². The quantitative estimate of drug-likeness (QED) is 0.788. The fourth-order valence-electron chi connectivity index (χ4n) is 4.80. The standard InChI is InChI=1S/C23H35FN6/c1-15(2)23(3,4)18-14-30(13-12-25-18)19-10-9-17(24)21(28(19)5)20-16-8-7-11-26-22(16)27-29(20)6/h7-11,15,18-20,25H,12-14H2,1-6H3,(H,26,27). The summed E-state index contributed by atoms with van der Waals surface area (Å²) in [7, 11) is 3.95. The van der Waals surface area contributed by atoms with E-state index in [-0.39, 0.29) is 23.4 Å². The number of halogens is 1. The van der Waals surface area contributed by atoms with Crippen molar-refractivity contribution in [2.45, 2.75) is 45.9 Å². The molecule has 0 amide bonds. The second-order valence-corrected chi connectivity index (χ2v) is 9.66. The van der Waals surface area contributed by atoms with E-state index in [2.05, 4.69) is 53.2 Å². The highest BCUT2D eigenvalue weighted by Gasteiger charge is 2.41. The van der Waals surface area contributed by atoms with Crippen LogP contribution in [0.25, 0.3) is 0 Å². The summed E-state index contributed by atoms with van der Waals surface area (Å²) in [6.07, 6.45) is 5.43.